The van der Waals surface area contributed by atoms with E-state index in [1.807, 2.05) is 24.3 Å². The lowest BCUT2D eigenvalue weighted by Gasteiger charge is -2.22. The SMILES string of the molecule is O=C(CCOc1ccc(Br)cc1)NCC1(O)CCCC1. The van der Waals surface area contributed by atoms with Crippen LogP contribution in [0.3, 0.4) is 0 Å². The van der Waals surface area contributed by atoms with Gasteiger partial charge in [-0.25, -0.2) is 0 Å². The average molecular weight is 342 g/mol. The van der Waals surface area contributed by atoms with Crippen LogP contribution in [0.15, 0.2) is 28.7 Å². The molecule has 1 aliphatic carbocycles. The van der Waals surface area contributed by atoms with E-state index in [0.717, 1.165) is 35.9 Å². The highest BCUT2D eigenvalue weighted by Crippen LogP contribution is 2.28. The van der Waals surface area contributed by atoms with Gasteiger partial charge in [0, 0.05) is 11.0 Å². The number of hydrogen-bond donors (Lipinski definition) is 2. The van der Waals surface area contributed by atoms with E-state index in [9.17, 15) is 9.90 Å². The highest BCUT2D eigenvalue weighted by molar-refractivity contribution is 9.10. The van der Waals surface area contributed by atoms with E-state index in [-0.39, 0.29) is 5.91 Å². The summed E-state index contributed by atoms with van der Waals surface area (Å²) < 4.78 is 6.48. The molecule has 0 heterocycles. The van der Waals surface area contributed by atoms with Gasteiger partial charge in [0.1, 0.15) is 5.75 Å². The van der Waals surface area contributed by atoms with E-state index >= 15 is 0 Å². The summed E-state index contributed by atoms with van der Waals surface area (Å²) >= 11 is 3.35. The summed E-state index contributed by atoms with van der Waals surface area (Å²) in [5.41, 5.74) is -0.692. The zero-order valence-corrected chi connectivity index (χ0v) is 13.0. The van der Waals surface area contributed by atoms with E-state index in [1.165, 1.54) is 0 Å². The molecule has 0 unspecified atom stereocenters. The number of hydrogen-bond acceptors (Lipinski definition) is 3. The minimum atomic E-state index is -0.692. The van der Waals surface area contributed by atoms with E-state index in [1.54, 1.807) is 0 Å². The Labute approximate surface area is 127 Å². The van der Waals surface area contributed by atoms with Crippen LogP contribution in [0.2, 0.25) is 0 Å². The summed E-state index contributed by atoms with van der Waals surface area (Å²) in [6.45, 7) is 0.690. The fourth-order valence-electron chi connectivity index (χ4n) is 2.35. The second kappa shape index (κ2) is 7.09. The van der Waals surface area contributed by atoms with Crippen LogP contribution in [-0.4, -0.2) is 29.8 Å². The van der Waals surface area contributed by atoms with Gasteiger partial charge in [0.2, 0.25) is 5.91 Å². The Morgan fingerprint density at radius 3 is 2.60 bits per heavy atom. The molecule has 1 fully saturated rings. The summed E-state index contributed by atoms with van der Waals surface area (Å²) in [5.74, 6) is 0.665. The van der Waals surface area contributed by atoms with Crippen LogP contribution < -0.4 is 10.1 Å². The van der Waals surface area contributed by atoms with Crippen LogP contribution in [0.25, 0.3) is 0 Å². The number of nitrogens with one attached hydrogen (secondary N) is 1. The number of ether oxygens (including phenoxy) is 1. The predicted octanol–water partition coefficient (Wildman–Crippen LogP) is 2.64. The van der Waals surface area contributed by atoms with Gasteiger partial charge in [-0.2, -0.15) is 0 Å². The van der Waals surface area contributed by atoms with Crippen molar-refractivity contribution in [2.24, 2.45) is 0 Å². The van der Waals surface area contributed by atoms with E-state index in [2.05, 4.69) is 21.2 Å². The zero-order valence-electron chi connectivity index (χ0n) is 11.4. The molecule has 4 nitrogen and oxygen atoms in total. The van der Waals surface area contributed by atoms with Gasteiger partial charge < -0.3 is 15.2 Å². The first-order chi connectivity index (χ1) is 9.57. The molecule has 2 N–H and O–H groups in total. The van der Waals surface area contributed by atoms with E-state index in [4.69, 9.17) is 4.74 Å². The van der Waals surface area contributed by atoms with Crippen molar-refractivity contribution >= 4 is 21.8 Å². The third kappa shape index (κ3) is 4.80. The zero-order chi connectivity index (χ0) is 14.4. The van der Waals surface area contributed by atoms with Gasteiger partial charge in [-0.05, 0) is 37.1 Å². The number of carbonyl (C=O) groups excluding carboxylic acids is 1. The maximum absolute atomic E-state index is 11.7. The maximum atomic E-state index is 11.7. The molecular weight excluding hydrogens is 322 g/mol. The van der Waals surface area contributed by atoms with Crippen LogP contribution in [-0.2, 0) is 4.79 Å². The van der Waals surface area contributed by atoms with Crippen molar-refractivity contribution < 1.29 is 14.6 Å². The first kappa shape index (κ1) is 15.3. The molecule has 0 aliphatic heterocycles. The lowest BCUT2D eigenvalue weighted by atomic mass is 10.0. The molecule has 1 saturated carbocycles. The second-order valence-corrected chi connectivity index (χ2v) is 6.18. The van der Waals surface area contributed by atoms with Gasteiger partial charge in [-0.1, -0.05) is 28.8 Å². The number of aliphatic hydroxyl groups is 1. The highest BCUT2D eigenvalue weighted by Gasteiger charge is 2.31. The minimum Gasteiger partial charge on any atom is -0.493 e. The molecule has 2 rings (SSSR count). The Morgan fingerprint density at radius 2 is 1.95 bits per heavy atom. The molecule has 20 heavy (non-hydrogen) atoms. The molecule has 0 bridgehead atoms. The molecule has 1 aromatic carbocycles. The molecular formula is C15H20BrNO3. The quantitative estimate of drug-likeness (QED) is 0.836. The first-order valence-corrected chi connectivity index (χ1v) is 7.74. The lowest BCUT2D eigenvalue weighted by Crippen LogP contribution is -2.41. The molecule has 1 aromatic rings. The fourth-order valence-corrected chi connectivity index (χ4v) is 2.62. The van der Waals surface area contributed by atoms with Gasteiger partial charge in [0.05, 0.1) is 18.6 Å². The van der Waals surface area contributed by atoms with Crippen molar-refractivity contribution in [3.8, 4) is 5.75 Å². The van der Waals surface area contributed by atoms with Crippen molar-refractivity contribution in [3.05, 3.63) is 28.7 Å². The van der Waals surface area contributed by atoms with Crippen LogP contribution in [0.1, 0.15) is 32.1 Å². The molecule has 0 saturated heterocycles. The van der Waals surface area contributed by atoms with Crippen molar-refractivity contribution in [1.82, 2.24) is 5.32 Å². The molecule has 0 atom stereocenters. The van der Waals surface area contributed by atoms with Crippen LogP contribution in [0.5, 0.6) is 5.75 Å². The molecule has 0 spiro atoms. The summed E-state index contributed by atoms with van der Waals surface area (Å²) in [6.07, 6.45) is 3.94. The Balaban J connectivity index is 1.64. The third-order valence-electron chi connectivity index (χ3n) is 3.56. The number of amides is 1. The second-order valence-electron chi connectivity index (χ2n) is 5.26. The monoisotopic (exact) mass is 341 g/mol. The van der Waals surface area contributed by atoms with Gasteiger partial charge in [0.15, 0.2) is 0 Å². The van der Waals surface area contributed by atoms with Crippen LogP contribution >= 0.6 is 15.9 Å². The topological polar surface area (TPSA) is 58.6 Å². The van der Waals surface area contributed by atoms with Crippen molar-refractivity contribution in [2.75, 3.05) is 13.2 Å². The first-order valence-electron chi connectivity index (χ1n) is 6.95. The predicted molar refractivity (Wildman–Crippen MR) is 80.7 cm³/mol. The summed E-state index contributed by atoms with van der Waals surface area (Å²) in [4.78, 5) is 11.7. The third-order valence-corrected chi connectivity index (χ3v) is 4.09. The standard InChI is InChI=1S/C15H20BrNO3/c16-12-3-5-13(6-4-12)20-10-7-14(18)17-11-15(19)8-1-2-9-15/h3-6,19H,1-2,7-11H2,(H,17,18). The Hall–Kier alpha value is -1.07. The number of rotatable bonds is 6. The molecule has 5 heteroatoms. The Morgan fingerprint density at radius 1 is 1.30 bits per heavy atom. The minimum absolute atomic E-state index is 0.0811. The maximum Gasteiger partial charge on any atom is 0.223 e. The molecule has 1 amide bonds. The van der Waals surface area contributed by atoms with E-state index < -0.39 is 5.60 Å². The Bertz CT molecular complexity index is 441. The average Bonchev–Trinajstić information content (AvgIpc) is 2.86. The summed E-state index contributed by atoms with van der Waals surface area (Å²) in [5, 5.41) is 12.9. The molecule has 0 aromatic heterocycles. The number of halogens is 1. The van der Waals surface area contributed by atoms with Crippen LogP contribution in [0, 0.1) is 0 Å². The molecule has 110 valence electrons. The fraction of sp³-hybridized carbons (Fsp3) is 0.533. The smallest absolute Gasteiger partial charge is 0.223 e. The van der Waals surface area contributed by atoms with Gasteiger partial charge in [0.25, 0.3) is 0 Å². The van der Waals surface area contributed by atoms with Crippen molar-refractivity contribution in [2.45, 2.75) is 37.7 Å². The lowest BCUT2D eigenvalue weighted by molar-refractivity contribution is -0.122. The summed E-state index contributed by atoms with van der Waals surface area (Å²) in [6, 6.07) is 7.49. The van der Waals surface area contributed by atoms with Crippen molar-refractivity contribution in [1.29, 1.82) is 0 Å². The largest absolute Gasteiger partial charge is 0.493 e. The molecule has 1 aliphatic rings. The molecule has 0 radical (unpaired) electrons. The van der Waals surface area contributed by atoms with Crippen LogP contribution in [0.4, 0.5) is 0 Å². The van der Waals surface area contributed by atoms with Gasteiger partial charge in [-0.15, -0.1) is 0 Å². The van der Waals surface area contributed by atoms with Gasteiger partial charge >= 0.3 is 0 Å². The van der Waals surface area contributed by atoms with Crippen molar-refractivity contribution in [3.63, 3.8) is 0 Å². The number of carbonyl (C=O) groups is 1. The highest BCUT2D eigenvalue weighted by atomic mass is 79.9. The normalized spacial score (nSPS) is 16.9. The van der Waals surface area contributed by atoms with E-state index in [0.29, 0.717) is 19.6 Å². The summed E-state index contributed by atoms with van der Waals surface area (Å²) in [7, 11) is 0. The number of benzene rings is 1. The Kier molecular flexibility index (Phi) is 5.43. The van der Waals surface area contributed by atoms with Gasteiger partial charge in [-0.3, -0.25) is 4.79 Å².